The number of hydroxylamine groups is 1. The number of hydrogen-bond acceptors (Lipinski definition) is 3. The lowest BCUT2D eigenvalue weighted by molar-refractivity contribution is -0.655. The van der Waals surface area contributed by atoms with Gasteiger partial charge in [-0.3, -0.25) is 5.06 Å². The number of hydrogen-bond donors (Lipinski definition) is 2. The zero-order chi connectivity index (χ0) is 7.84. The molecule has 0 aliphatic carbocycles. The number of benzene rings is 1. The smallest absolute Gasteiger partial charge is 0.194 e. The van der Waals surface area contributed by atoms with Crippen molar-refractivity contribution in [2.75, 3.05) is 5.73 Å². The van der Waals surface area contributed by atoms with Crippen molar-refractivity contribution in [1.29, 1.82) is 0 Å². The quantitative estimate of drug-likeness (QED) is 0.401. The maximum atomic E-state index is 11.0. The summed E-state index contributed by atoms with van der Waals surface area (Å²) >= 11 is 0. The summed E-state index contributed by atoms with van der Waals surface area (Å²) in [5, 5.41) is 11.0. The molecular formula is C7H7N3O. The topological polar surface area (TPSA) is 65.9 Å². The van der Waals surface area contributed by atoms with Gasteiger partial charge in [0.05, 0.1) is 5.69 Å². The second-order valence-corrected chi connectivity index (χ2v) is 2.37. The Balaban J connectivity index is 2.65. The summed E-state index contributed by atoms with van der Waals surface area (Å²) < 4.78 is 0. The van der Waals surface area contributed by atoms with Gasteiger partial charge >= 0.3 is 0 Å². The van der Waals surface area contributed by atoms with Crippen molar-refractivity contribution in [3.05, 3.63) is 23.4 Å². The molecule has 0 saturated carbocycles. The molecule has 1 aliphatic rings. The minimum absolute atomic E-state index is 0.0627. The Morgan fingerprint density at radius 3 is 3.00 bits per heavy atom. The number of nitrogens with zero attached hydrogens (tertiary/aromatic N) is 1. The first-order valence-corrected chi connectivity index (χ1v) is 3.26. The normalized spacial score (nSPS) is 20.3. The van der Waals surface area contributed by atoms with E-state index in [9.17, 15) is 5.21 Å². The van der Waals surface area contributed by atoms with E-state index in [0.717, 1.165) is 0 Å². The van der Waals surface area contributed by atoms with Crippen LogP contribution in [0.15, 0.2) is 23.2 Å². The molecule has 0 radical (unpaired) electrons. The van der Waals surface area contributed by atoms with Gasteiger partial charge in [-0.25, -0.2) is 0 Å². The summed E-state index contributed by atoms with van der Waals surface area (Å²) in [6.07, 6.45) is 1.29. The summed E-state index contributed by atoms with van der Waals surface area (Å²) in [5.74, 6) is 0. The van der Waals surface area contributed by atoms with Gasteiger partial charge in [0.15, 0.2) is 17.7 Å². The molecule has 56 valence electrons. The number of quaternary nitrogens is 1. The van der Waals surface area contributed by atoms with Gasteiger partial charge < -0.3 is 10.9 Å². The van der Waals surface area contributed by atoms with E-state index in [1.807, 2.05) is 0 Å². The van der Waals surface area contributed by atoms with E-state index in [1.165, 1.54) is 6.34 Å². The number of fused-ring (bicyclic) bond motifs is 1. The fraction of sp³-hybridized carbons (Fsp3) is 0. The summed E-state index contributed by atoms with van der Waals surface area (Å²) in [6.45, 7) is 0. The Kier molecular flexibility index (Phi) is 1.18. The largest absolute Gasteiger partial charge is 0.623 e. The molecule has 0 fully saturated rings. The van der Waals surface area contributed by atoms with Crippen molar-refractivity contribution in [3.8, 4) is 0 Å². The number of rotatable bonds is 0. The van der Waals surface area contributed by atoms with Crippen LogP contribution in [0.25, 0.3) is 0 Å². The van der Waals surface area contributed by atoms with Gasteiger partial charge in [0, 0.05) is 6.07 Å². The fourth-order valence-corrected chi connectivity index (χ4v) is 1.10. The van der Waals surface area contributed by atoms with E-state index in [0.29, 0.717) is 17.1 Å². The van der Waals surface area contributed by atoms with Crippen molar-refractivity contribution in [2.45, 2.75) is 0 Å². The number of para-hydroxylation sites is 1. The maximum absolute atomic E-state index is 11.0. The highest BCUT2D eigenvalue weighted by molar-refractivity contribution is 5.81. The summed E-state index contributed by atoms with van der Waals surface area (Å²) in [5.41, 5.74) is 7.34. The fourth-order valence-electron chi connectivity index (χ4n) is 1.10. The Hall–Kier alpha value is -1.39. The molecule has 3 N–H and O–H groups in total. The number of nitrogens with one attached hydrogen (secondary N) is 1. The molecule has 0 spiro atoms. The van der Waals surface area contributed by atoms with Crippen LogP contribution in [0.1, 0.15) is 0 Å². The first-order valence-electron chi connectivity index (χ1n) is 3.26. The number of aliphatic imine (C=N–C) groups is 1. The van der Waals surface area contributed by atoms with Gasteiger partial charge in [-0.2, -0.15) is 4.99 Å². The van der Waals surface area contributed by atoms with Crippen molar-refractivity contribution in [1.82, 2.24) is 0 Å². The SMILES string of the molecule is Nc1cccc2c1N=C[NH+]2[O-]. The summed E-state index contributed by atoms with van der Waals surface area (Å²) in [7, 11) is 0. The van der Waals surface area contributed by atoms with Gasteiger partial charge in [0.1, 0.15) is 0 Å². The molecule has 1 atom stereocenters. The van der Waals surface area contributed by atoms with Crippen molar-refractivity contribution in [3.63, 3.8) is 0 Å². The third-order valence-corrected chi connectivity index (χ3v) is 1.64. The molecule has 1 unspecified atom stereocenters. The highest BCUT2D eigenvalue weighted by atomic mass is 16.5. The van der Waals surface area contributed by atoms with Crippen molar-refractivity contribution < 1.29 is 5.06 Å². The number of anilines is 1. The average Bonchev–Trinajstić information content (AvgIpc) is 2.35. The number of nitrogens with two attached hydrogens (primary N) is 1. The van der Waals surface area contributed by atoms with Crippen LogP contribution in [0.3, 0.4) is 0 Å². The monoisotopic (exact) mass is 149 g/mol. The molecule has 4 nitrogen and oxygen atoms in total. The highest BCUT2D eigenvalue weighted by Crippen LogP contribution is 2.29. The number of nitrogen functional groups attached to an aromatic ring is 1. The minimum Gasteiger partial charge on any atom is -0.623 e. The Morgan fingerprint density at radius 1 is 1.45 bits per heavy atom. The van der Waals surface area contributed by atoms with Crippen LogP contribution in [0, 0.1) is 5.21 Å². The molecule has 0 amide bonds. The maximum Gasteiger partial charge on any atom is 0.194 e. The van der Waals surface area contributed by atoms with Crippen molar-refractivity contribution in [2.24, 2.45) is 4.99 Å². The molecule has 1 heterocycles. The molecule has 4 heteroatoms. The lowest BCUT2D eigenvalue weighted by Gasteiger charge is -2.10. The molecule has 0 aromatic heterocycles. The summed E-state index contributed by atoms with van der Waals surface area (Å²) in [6, 6.07) is 5.20. The third-order valence-electron chi connectivity index (χ3n) is 1.64. The van der Waals surface area contributed by atoms with Gasteiger partial charge in [-0.1, -0.05) is 6.07 Å². The average molecular weight is 149 g/mol. The minimum atomic E-state index is -0.0627. The first-order chi connectivity index (χ1) is 5.29. The Morgan fingerprint density at radius 2 is 2.27 bits per heavy atom. The molecule has 1 aliphatic heterocycles. The first kappa shape index (κ1) is 6.33. The van der Waals surface area contributed by atoms with Crippen molar-refractivity contribution >= 4 is 23.4 Å². The van der Waals surface area contributed by atoms with Crippen LogP contribution >= 0.6 is 0 Å². The van der Waals surface area contributed by atoms with E-state index >= 15 is 0 Å². The predicted molar refractivity (Wildman–Crippen MR) is 43.0 cm³/mol. The van der Waals surface area contributed by atoms with Crippen LogP contribution in [0.4, 0.5) is 17.1 Å². The zero-order valence-corrected chi connectivity index (χ0v) is 5.74. The molecule has 11 heavy (non-hydrogen) atoms. The van der Waals surface area contributed by atoms with E-state index < -0.39 is 0 Å². The van der Waals surface area contributed by atoms with Gasteiger partial charge in [-0.05, 0) is 6.07 Å². The Labute approximate surface area is 63.5 Å². The molecule has 0 saturated heterocycles. The molecule has 1 aromatic carbocycles. The second-order valence-electron chi connectivity index (χ2n) is 2.37. The molecule has 2 rings (SSSR count). The second kappa shape index (κ2) is 2.05. The van der Waals surface area contributed by atoms with Crippen LogP contribution in [-0.2, 0) is 0 Å². The Bertz CT molecular complexity index is 321. The summed E-state index contributed by atoms with van der Waals surface area (Å²) in [4.78, 5) is 3.88. The standard InChI is InChI=1S/C7H7N3O/c8-5-2-1-3-6-7(5)9-4-10(6)11/h1-4,10H,8H2. The lowest BCUT2D eigenvalue weighted by Crippen LogP contribution is -2.99. The van der Waals surface area contributed by atoms with Crippen LogP contribution in [0.2, 0.25) is 0 Å². The highest BCUT2D eigenvalue weighted by Gasteiger charge is 2.15. The third kappa shape index (κ3) is 0.806. The van der Waals surface area contributed by atoms with E-state index in [1.54, 1.807) is 18.2 Å². The van der Waals surface area contributed by atoms with Crippen LogP contribution < -0.4 is 10.8 Å². The van der Waals surface area contributed by atoms with E-state index in [4.69, 9.17) is 5.73 Å². The predicted octanol–water partition coefficient (Wildman–Crippen LogP) is -0.0436. The van der Waals surface area contributed by atoms with Gasteiger partial charge in [-0.15, -0.1) is 0 Å². The van der Waals surface area contributed by atoms with Crippen LogP contribution in [-0.4, -0.2) is 6.34 Å². The van der Waals surface area contributed by atoms with E-state index in [2.05, 4.69) is 4.99 Å². The van der Waals surface area contributed by atoms with E-state index in [-0.39, 0.29) is 5.06 Å². The zero-order valence-electron chi connectivity index (χ0n) is 5.74. The van der Waals surface area contributed by atoms with Crippen LogP contribution in [0.5, 0.6) is 0 Å². The molecular weight excluding hydrogens is 142 g/mol. The van der Waals surface area contributed by atoms with Gasteiger partial charge in [0.25, 0.3) is 0 Å². The lowest BCUT2D eigenvalue weighted by atomic mass is 10.2. The molecule has 1 aromatic rings. The van der Waals surface area contributed by atoms with Gasteiger partial charge in [0.2, 0.25) is 0 Å². The molecule has 0 bridgehead atoms.